The number of rotatable bonds is 5. The molecule has 2 rings (SSSR count). The summed E-state index contributed by atoms with van der Waals surface area (Å²) in [5.74, 6) is -0.168. The molecule has 0 saturated heterocycles. The standard InChI is InChI=1S/C14H17FN2S/c1-10(14-11(2)17-9-18-14)16-7-6-12-4-3-5-13(15)8-12/h3-5,8-10,16H,6-7H2,1-2H3. The number of benzene rings is 1. The Morgan fingerprint density at radius 1 is 1.44 bits per heavy atom. The highest BCUT2D eigenvalue weighted by Crippen LogP contribution is 2.20. The second-order valence-corrected chi connectivity index (χ2v) is 5.24. The van der Waals surface area contributed by atoms with E-state index in [1.54, 1.807) is 23.5 Å². The van der Waals surface area contributed by atoms with Crippen LogP contribution in [0.15, 0.2) is 29.8 Å². The molecular formula is C14H17FN2S. The van der Waals surface area contributed by atoms with Crippen molar-refractivity contribution in [1.29, 1.82) is 0 Å². The average molecular weight is 264 g/mol. The minimum atomic E-state index is -0.168. The molecule has 0 aliphatic rings. The third-order valence-corrected chi connectivity index (χ3v) is 4.04. The Kier molecular flexibility index (Phi) is 4.44. The molecule has 4 heteroatoms. The van der Waals surface area contributed by atoms with Crippen LogP contribution in [0, 0.1) is 12.7 Å². The summed E-state index contributed by atoms with van der Waals surface area (Å²) in [4.78, 5) is 5.52. The molecule has 96 valence electrons. The lowest BCUT2D eigenvalue weighted by molar-refractivity contribution is 0.578. The summed E-state index contributed by atoms with van der Waals surface area (Å²) in [7, 11) is 0. The Morgan fingerprint density at radius 3 is 2.94 bits per heavy atom. The highest BCUT2D eigenvalue weighted by Gasteiger charge is 2.09. The maximum atomic E-state index is 13.0. The van der Waals surface area contributed by atoms with E-state index in [0.717, 1.165) is 24.2 Å². The zero-order valence-electron chi connectivity index (χ0n) is 10.6. The lowest BCUT2D eigenvalue weighted by Crippen LogP contribution is -2.21. The van der Waals surface area contributed by atoms with E-state index in [-0.39, 0.29) is 5.82 Å². The Balaban J connectivity index is 1.84. The fourth-order valence-corrected chi connectivity index (χ4v) is 2.78. The molecule has 0 spiro atoms. The van der Waals surface area contributed by atoms with Crippen molar-refractivity contribution in [3.63, 3.8) is 0 Å². The van der Waals surface area contributed by atoms with E-state index in [1.807, 2.05) is 18.5 Å². The molecule has 0 aliphatic carbocycles. The molecular weight excluding hydrogens is 247 g/mol. The molecule has 2 nitrogen and oxygen atoms in total. The number of nitrogens with zero attached hydrogens (tertiary/aromatic N) is 1. The highest BCUT2D eigenvalue weighted by molar-refractivity contribution is 7.09. The van der Waals surface area contributed by atoms with Crippen molar-refractivity contribution in [1.82, 2.24) is 10.3 Å². The second kappa shape index (κ2) is 6.07. The fraction of sp³-hybridized carbons (Fsp3) is 0.357. The summed E-state index contributed by atoms with van der Waals surface area (Å²) in [6.45, 7) is 4.99. The van der Waals surface area contributed by atoms with Gasteiger partial charge in [-0.3, -0.25) is 0 Å². The molecule has 1 aromatic carbocycles. The van der Waals surface area contributed by atoms with Crippen molar-refractivity contribution in [3.05, 3.63) is 51.7 Å². The molecule has 2 aromatic rings. The van der Waals surface area contributed by atoms with Gasteiger partial charge in [0.05, 0.1) is 11.2 Å². The van der Waals surface area contributed by atoms with Gasteiger partial charge in [0.1, 0.15) is 5.82 Å². The summed E-state index contributed by atoms with van der Waals surface area (Å²) in [5.41, 5.74) is 3.98. The summed E-state index contributed by atoms with van der Waals surface area (Å²) in [5, 5.41) is 3.44. The molecule has 0 bridgehead atoms. The average Bonchev–Trinajstić information content (AvgIpc) is 2.75. The minimum absolute atomic E-state index is 0.168. The van der Waals surface area contributed by atoms with Crippen molar-refractivity contribution >= 4 is 11.3 Å². The van der Waals surface area contributed by atoms with E-state index in [1.165, 1.54) is 10.9 Å². The normalized spacial score (nSPS) is 12.6. The summed E-state index contributed by atoms with van der Waals surface area (Å²) in [6.07, 6.45) is 0.833. The van der Waals surface area contributed by atoms with E-state index < -0.39 is 0 Å². The van der Waals surface area contributed by atoms with Gasteiger partial charge in [-0.2, -0.15) is 0 Å². The van der Waals surface area contributed by atoms with Crippen molar-refractivity contribution < 1.29 is 4.39 Å². The van der Waals surface area contributed by atoms with Gasteiger partial charge in [-0.05, 0) is 44.5 Å². The van der Waals surface area contributed by atoms with Gasteiger partial charge in [0, 0.05) is 10.9 Å². The van der Waals surface area contributed by atoms with Gasteiger partial charge in [-0.1, -0.05) is 12.1 Å². The maximum Gasteiger partial charge on any atom is 0.123 e. The molecule has 18 heavy (non-hydrogen) atoms. The zero-order chi connectivity index (χ0) is 13.0. The molecule has 0 radical (unpaired) electrons. The van der Waals surface area contributed by atoms with Gasteiger partial charge in [0.25, 0.3) is 0 Å². The molecule has 0 aliphatic heterocycles. The Bertz CT molecular complexity index is 510. The first kappa shape index (κ1) is 13.2. The van der Waals surface area contributed by atoms with Crippen LogP contribution in [0.4, 0.5) is 4.39 Å². The van der Waals surface area contributed by atoms with Crippen molar-refractivity contribution in [2.75, 3.05) is 6.54 Å². The van der Waals surface area contributed by atoms with Gasteiger partial charge < -0.3 is 5.32 Å². The van der Waals surface area contributed by atoms with Crippen LogP contribution in [-0.2, 0) is 6.42 Å². The molecule has 1 unspecified atom stereocenters. The lowest BCUT2D eigenvalue weighted by atomic mass is 10.1. The number of halogens is 1. The van der Waals surface area contributed by atoms with Crippen LogP contribution in [0.3, 0.4) is 0 Å². The van der Waals surface area contributed by atoms with Crippen LogP contribution in [0.1, 0.15) is 29.1 Å². The molecule has 1 aromatic heterocycles. The smallest absolute Gasteiger partial charge is 0.123 e. The van der Waals surface area contributed by atoms with Crippen LogP contribution in [-0.4, -0.2) is 11.5 Å². The first-order chi connectivity index (χ1) is 8.66. The van der Waals surface area contributed by atoms with Gasteiger partial charge in [-0.15, -0.1) is 11.3 Å². The van der Waals surface area contributed by atoms with Crippen LogP contribution in [0.2, 0.25) is 0 Å². The molecule has 0 saturated carbocycles. The van der Waals surface area contributed by atoms with E-state index in [9.17, 15) is 4.39 Å². The van der Waals surface area contributed by atoms with Crippen LogP contribution in [0.25, 0.3) is 0 Å². The van der Waals surface area contributed by atoms with Crippen molar-refractivity contribution in [3.8, 4) is 0 Å². The van der Waals surface area contributed by atoms with Gasteiger partial charge in [-0.25, -0.2) is 9.37 Å². The largest absolute Gasteiger partial charge is 0.309 e. The van der Waals surface area contributed by atoms with E-state index in [0.29, 0.717) is 6.04 Å². The fourth-order valence-electron chi connectivity index (χ4n) is 1.94. The predicted octanol–water partition coefficient (Wildman–Crippen LogP) is 3.48. The summed E-state index contributed by atoms with van der Waals surface area (Å²) < 4.78 is 13.0. The monoisotopic (exact) mass is 264 g/mol. The third kappa shape index (κ3) is 3.37. The van der Waals surface area contributed by atoms with Gasteiger partial charge >= 0.3 is 0 Å². The van der Waals surface area contributed by atoms with Crippen molar-refractivity contribution in [2.24, 2.45) is 0 Å². The number of aryl methyl sites for hydroxylation is 1. The Morgan fingerprint density at radius 2 is 2.28 bits per heavy atom. The minimum Gasteiger partial charge on any atom is -0.309 e. The molecule has 1 atom stereocenters. The summed E-state index contributed by atoms with van der Waals surface area (Å²) in [6, 6.07) is 7.06. The van der Waals surface area contributed by atoms with Crippen molar-refractivity contribution in [2.45, 2.75) is 26.3 Å². The van der Waals surface area contributed by atoms with Crippen LogP contribution >= 0.6 is 11.3 Å². The third-order valence-electron chi connectivity index (χ3n) is 2.93. The van der Waals surface area contributed by atoms with E-state index in [2.05, 4.69) is 17.2 Å². The van der Waals surface area contributed by atoms with E-state index in [4.69, 9.17) is 0 Å². The summed E-state index contributed by atoms with van der Waals surface area (Å²) >= 11 is 1.67. The number of hydrogen-bond acceptors (Lipinski definition) is 3. The SMILES string of the molecule is Cc1ncsc1C(C)NCCc1cccc(F)c1. The molecule has 0 fully saturated rings. The zero-order valence-corrected chi connectivity index (χ0v) is 11.4. The number of hydrogen-bond donors (Lipinski definition) is 1. The predicted molar refractivity (Wildman–Crippen MR) is 73.4 cm³/mol. The molecule has 0 amide bonds. The second-order valence-electron chi connectivity index (χ2n) is 4.36. The number of thiazole rings is 1. The first-order valence-corrected chi connectivity index (χ1v) is 6.92. The Hall–Kier alpha value is -1.26. The molecule has 1 heterocycles. The maximum absolute atomic E-state index is 13.0. The number of aromatic nitrogens is 1. The first-order valence-electron chi connectivity index (χ1n) is 6.04. The van der Waals surface area contributed by atoms with Gasteiger partial charge in [0.15, 0.2) is 0 Å². The topological polar surface area (TPSA) is 24.9 Å². The highest BCUT2D eigenvalue weighted by atomic mass is 32.1. The number of nitrogens with one attached hydrogen (secondary N) is 1. The van der Waals surface area contributed by atoms with Crippen LogP contribution in [0.5, 0.6) is 0 Å². The van der Waals surface area contributed by atoms with Crippen LogP contribution < -0.4 is 5.32 Å². The van der Waals surface area contributed by atoms with Gasteiger partial charge in [0.2, 0.25) is 0 Å². The van der Waals surface area contributed by atoms with E-state index >= 15 is 0 Å². The molecule has 1 N–H and O–H groups in total. The quantitative estimate of drug-likeness (QED) is 0.894. The lowest BCUT2D eigenvalue weighted by Gasteiger charge is -2.12. The Labute approximate surface area is 111 Å².